The first-order valence-electron chi connectivity index (χ1n) is 7.88. The van der Waals surface area contributed by atoms with Crippen molar-refractivity contribution < 1.29 is 4.79 Å². The molecule has 0 spiro atoms. The molecule has 1 aromatic carbocycles. The Morgan fingerprint density at radius 3 is 2.71 bits per heavy atom. The molecule has 1 aliphatic heterocycles. The Hall–Kier alpha value is -1.14. The van der Waals surface area contributed by atoms with Crippen molar-refractivity contribution in [1.82, 2.24) is 9.88 Å². The molecule has 3 unspecified atom stereocenters. The highest BCUT2D eigenvalue weighted by atomic mass is 35.5. The molecule has 24 heavy (non-hydrogen) atoms. The van der Waals surface area contributed by atoms with Gasteiger partial charge >= 0.3 is 0 Å². The summed E-state index contributed by atoms with van der Waals surface area (Å²) in [6.45, 7) is 1.60. The predicted octanol–water partition coefficient (Wildman–Crippen LogP) is 3.69. The van der Waals surface area contributed by atoms with E-state index in [4.69, 9.17) is 17.3 Å². The zero-order chi connectivity index (χ0) is 16.0. The van der Waals surface area contributed by atoms with Gasteiger partial charge < -0.3 is 10.6 Å². The fraction of sp³-hybridized carbons (Fsp3) is 0.412. The van der Waals surface area contributed by atoms with Crippen molar-refractivity contribution in [2.24, 2.45) is 17.6 Å². The molecule has 1 saturated carbocycles. The standard InChI is InChI=1S/C17H18ClN3OS.ClH/c18-12-4-1-10(2-5-12)16-20-15(9-23-16)17(22)21-7-11-3-6-14(19)13(11)8-21;/h1-2,4-5,9,11,13-14H,3,6-8,19H2;1H. The minimum atomic E-state index is 0. The van der Waals surface area contributed by atoms with Crippen LogP contribution in [0, 0.1) is 11.8 Å². The lowest BCUT2D eigenvalue weighted by molar-refractivity contribution is 0.0774. The topological polar surface area (TPSA) is 59.2 Å². The fourth-order valence-corrected chi connectivity index (χ4v) is 4.66. The van der Waals surface area contributed by atoms with Gasteiger partial charge in [-0.05, 0) is 36.8 Å². The van der Waals surface area contributed by atoms with Gasteiger partial charge in [0.2, 0.25) is 0 Å². The zero-order valence-electron chi connectivity index (χ0n) is 13.0. The number of halogens is 2. The van der Waals surface area contributed by atoms with Crippen molar-refractivity contribution >= 4 is 41.3 Å². The van der Waals surface area contributed by atoms with E-state index in [1.54, 1.807) is 0 Å². The van der Waals surface area contributed by atoms with Gasteiger partial charge in [0, 0.05) is 35.1 Å². The molecule has 7 heteroatoms. The lowest BCUT2D eigenvalue weighted by Gasteiger charge is -2.17. The summed E-state index contributed by atoms with van der Waals surface area (Å²) in [6.07, 6.45) is 2.23. The quantitative estimate of drug-likeness (QED) is 0.859. The first-order chi connectivity index (χ1) is 11.1. The second kappa shape index (κ2) is 7.00. The van der Waals surface area contributed by atoms with Gasteiger partial charge in [0.05, 0.1) is 0 Å². The lowest BCUT2D eigenvalue weighted by atomic mass is 9.98. The molecular formula is C17H19Cl2N3OS. The number of likely N-dealkylation sites (tertiary alicyclic amines) is 1. The van der Waals surface area contributed by atoms with Crippen LogP contribution in [0.5, 0.6) is 0 Å². The van der Waals surface area contributed by atoms with Gasteiger partial charge in [-0.2, -0.15) is 0 Å². The lowest BCUT2D eigenvalue weighted by Crippen LogP contribution is -2.33. The van der Waals surface area contributed by atoms with Crippen molar-refractivity contribution in [2.75, 3.05) is 13.1 Å². The average molecular weight is 384 g/mol. The van der Waals surface area contributed by atoms with Gasteiger partial charge in [-0.25, -0.2) is 4.98 Å². The fourth-order valence-electron chi connectivity index (χ4n) is 3.73. The normalized spacial score (nSPS) is 25.4. The van der Waals surface area contributed by atoms with E-state index in [-0.39, 0.29) is 24.4 Å². The molecule has 1 aromatic heterocycles. The van der Waals surface area contributed by atoms with Crippen LogP contribution in [0.25, 0.3) is 10.6 Å². The summed E-state index contributed by atoms with van der Waals surface area (Å²) in [5, 5.41) is 3.39. The number of thiazole rings is 1. The molecule has 2 aliphatic rings. The number of rotatable bonds is 2. The summed E-state index contributed by atoms with van der Waals surface area (Å²) in [7, 11) is 0. The highest BCUT2D eigenvalue weighted by Crippen LogP contribution is 2.37. The minimum absolute atomic E-state index is 0. The van der Waals surface area contributed by atoms with Crippen molar-refractivity contribution in [2.45, 2.75) is 18.9 Å². The third-order valence-corrected chi connectivity index (χ3v) is 6.16. The average Bonchev–Trinajstić information content (AvgIpc) is 3.25. The summed E-state index contributed by atoms with van der Waals surface area (Å²) >= 11 is 7.40. The van der Waals surface area contributed by atoms with Crippen LogP contribution in [0.4, 0.5) is 0 Å². The number of aromatic nitrogens is 1. The van der Waals surface area contributed by atoms with Crippen molar-refractivity contribution in [3.63, 3.8) is 0 Å². The van der Waals surface area contributed by atoms with Gasteiger partial charge in [0.1, 0.15) is 10.7 Å². The number of nitrogens with two attached hydrogens (primary N) is 1. The number of hydrogen-bond acceptors (Lipinski definition) is 4. The highest BCUT2D eigenvalue weighted by molar-refractivity contribution is 7.13. The number of benzene rings is 1. The van der Waals surface area contributed by atoms with Crippen molar-refractivity contribution in [1.29, 1.82) is 0 Å². The van der Waals surface area contributed by atoms with E-state index in [1.165, 1.54) is 11.3 Å². The van der Waals surface area contributed by atoms with Gasteiger partial charge in [-0.15, -0.1) is 23.7 Å². The van der Waals surface area contributed by atoms with Crippen LogP contribution in [-0.4, -0.2) is 34.9 Å². The van der Waals surface area contributed by atoms with Crippen LogP contribution >= 0.6 is 35.3 Å². The summed E-state index contributed by atoms with van der Waals surface area (Å²) in [4.78, 5) is 19.1. The van der Waals surface area contributed by atoms with Gasteiger partial charge in [0.25, 0.3) is 5.91 Å². The van der Waals surface area contributed by atoms with Gasteiger partial charge in [0.15, 0.2) is 0 Å². The Labute approximate surface area is 156 Å². The molecular weight excluding hydrogens is 365 g/mol. The number of carbonyl (C=O) groups excluding carboxylic acids is 1. The Balaban J connectivity index is 0.00000169. The SMILES string of the molecule is Cl.NC1CCC2CN(C(=O)c3csc(-c4ccc(Cl)cc4)n3)CC12. The Morgan fingerprint density at radius 2 is 2.00 bits per heavy atom. The molecule has 2 N–H and O–H groups in total. The maximum atomic E-state index is 12.7. The first-order valence-corrected chi connectivity index (χ1v) is 9.14. The van der Waals surface area contributed by atoms with Crippen LogP contribution in [0.3, 0.4) is 0 Å². The van der Waals surface area contributed by atoms with E-state index >= 15 is 0 Å². The first kappa shape index (κ1) is 17.7. The number of fused-ring (bicyclic) bond motifs is 1. The summed E-state index contributed by atoms with van der Waals surface area (Å²) in [6, 6.07) is 7.77. The van der Waals surface area contributed by atoms with E-state index in [0.717, 1.165) is 36.5 Å². The van der Waals surface area contributed by atoms with Gasteiger partial charge in [-0.1, -0.05) is 23.7 Å². The third-order valence-electron chi connectivity index (χ3n) is 5.01. The van der Waals surface area contributed by atoms with Crippen LogP contribution in [0.1, 0.15) is 23.3 Å². The number of amides is 1. The molecule has 0 radical (unpaired) electrons. The molecule has 4 nitrogen and oxygen atoms in total. The van der Waals surface area contributed by atoms with Gasteiger partial charge in [-0.3, -0.25) is 4.79 Å². The molecule has 1 saturated heterocycles. The number of carbonyl (C=O) groups is 1. The number of hydrogen-bond donors (Lipinski definition) is 1. The van der Waals surface area contributed by atoms with E-state index in [2.05, 4.69) is 4.98 Å². The second-order valence-corrected chi connectivity index (χ2v) is 7.71. The van der Waals surface area contributed by atoms with Crippen LogP contribution < -0.4 is 5.73 Å². The van der Waals surface area contributed by atoms with Crippen LogP contribution in [-0.2, 0) is 0 Å². The molecule has 4 rings (SSSR count). The monoisotopic (exact) mass is 383 g/mol. The Bertz CT molecular complexity index is 734. The highest BCUT2D eigenvalue weighted by Gasteiger charge is 2.42. The zero-order valence-corrected chi connectivity index (χ0v) is 15.4. The summed E-state index contributed by atoms with van der Waals surface area (Å²) < 4.78 is 0. The Kier molecular flexibility index (Phi) is 5.16. The van der Waals surface area contributed by atoms with E-state index < -0.39 is 0 Å². The molecule has 1 aliphatic carbocycles. The molecule has 1 amide bonds. The van der Waals surface area contributed by atoms with Crippen LogP contribution in [0.2, 0.25) is 5.02 Å². The molecule has 2 heterocycles. The Morgan fingerprint density at radius 1 is 1.25 bits per heavy atom. The van der Waals surface area contributed by atoms with E-state index in [0.29, 0.717) is 22.6 Å². The summed E-state index contributed by atoms with van der Waals surface area (Å²) in [5.41, 5.74) is 7.67. The largest absolute Gasteiger partial charge is 0.337 e. The smallest absolute Gasteiger partial charge is 0.273 e. The van der Waals surface area contributed by atoms with Crippen molar-refractivity contribution in [3.05, 3.63) is 40.4 Å². The molecule has 2 fully saturated rings. The maximum Gasteiger partial charge on any atom is 0.273 e. The molecule has 3 atom stereocenters. The van der Waals surface area contributed by atoms with E-state index in [9.17, 15) is 4.79 Å². The number of nitrogens with zero attached hydrogens (tertiary/aromatic N) is 2. The maximum absolute atomic E-state index is 12.7. The van der Waals surface area contributed by atoms with Crippen molar-refractivity contribution in [3.8, 4) is 10.6 Å². The predicted molar refractivity (Wildman–Crippen MR) is 99.9 cm³/mol. The minimum Gasteiger partial charge on any atom is -0.337 e. The van der Waals surface area contributed by atoms with Crippen LogP contribution in [0.15, 0.2) is 29.6 Å². The van der Waals surface area contributed by atoms with E-state index in [1.807, 2.05) is 34.5 Å². The second-order valence-electron chi connectivity index (χ2n) is 6.42. The third kappa shape index (κ3) is 3.18. The molecule has 128 valence electrons. The molecule has 0 bridgehead atoms. The summed E-state index contributed by atoms with van der Waals surface area (Å²) in [5.74, 6) is 1.07. The molecule has 2 aromatic rings.